The van der Waals surface area contributed by atoms with Gasteiger partial charge in [-0.2, -0.15) is 0 Å². The highest BCUT2D eigenvalue weighted by atomic mass is 35.5. The molecule has 0 aliphatic rings. The summed E-state index contributed by atoms with van der Waals surface area (Å²) in [6.07, 6.45) is 2.47. The van der Waals surface area contributed by atoms with E-state index in [9.17, 15) is 13.2 Å². The Kier molecular flexibility index (Phi) is 8.63. The summed E-state index contributed by atoms with van der Waals surface area (Å²) in [5.41, 5.74) is 2.33. The molecule has 0 spiro atoms. The quantitative estimate of drug-likeness (QED) is 0.165. The van der Waals surface area contributed by atoms with Gasteiger partial charge in [-0.15, -0.1) is 11.3 Å². The third-order valence-electron chi connectivity index (χ3n) is 6.61. The molecule has 1 amide bonds. The molecule has 5 rings (SSSR count). The lowest BCUT2D eigenvalue weighted by Crippen LogP contribution is -2.30. The topological polar surface area (TPSA) is 101 Å². The molecule has 41 heavy (non-hydrogen) atoms. The van der Waals surface area contributed by atoms with Gasteiger partial charge >= 0.3 is 0 Å². The second kappa shape index (κ2) is 12.3. The first kappa shape index (κ1) is 28.7. The van der Waals surface area contributed by atoms with E-state index in [2.05, 4.69) is 15.6 Å². The summed E-state index contributed by atoms with van der Waals surface area (Å²) in [6.45, 7) is 3.23. The fourth-order valence-electron chi connectivity index (χ4n) is 4.54. The summed E-state index contributed by atoms with van der Waals surface area (Å²) in [4.78, 5) is 18.0. The van der Waals surface area contributed by atoms with Gasteiger partial charge in [-0.1, -0.05) is 11.6 Å². The summed E-state index contributed by atoms with van der Waals surface area (Å²) >= 11 is 7.45. The maximum absolute atomic E-state index is 13.4. The molecule has 2 heterocycles. The Labute approximate surface area is 248 Å². The van der Waals surface area contributed by atoms with Gasteiger partial charge in [0.2, 0.25) is 0 Å². The van der Waals surface area contributed by atoms with Gasteiger partial charge in [0, 0.05) is 46.6 Å². The van der Waals surface area contributed by atoms with Crippen LogP contribution in [0.5, 0.6) is 5.75 Å². The van der Waals surface area contributed by atoms with Gasteiger partial charge in [0.05, 0.1) is 28.1 Å². The molecule has 0 aliphatic carbocycles. The summed E-state index contributed by atoms with van der Waals surface area (Å²) in [5, 5.41) is 8.83. The molecule has 11 heteroatoms. The van der Waals surface area contributed by atoms with Gasteiger partial charge in [-0.3, -0.25) is 14.1 Å². The zero-order valence-corrected chi connectivity index (χ0v) is 24.9. The Balaban J connectivity index is 1.21. The summed E-state index contributed by atoms with van der Waals surface area (Å²) in [6, 6.07) is 21.1. The smallest absolute Gasteiger partial charge is 0.264 e. The number of aromatic nitrogens is 1. The number of sulfonamides is 1. The van der Waals surface area contributed by atoms with E-state index in [4.69, 9.17) is 16.3 Å². The Morgan fingerprint density at radius 1 is 1.02 bits per heavy atom. The van der Waals surface area contributed by atoms with Gasteiger partial charge in [0.1, 0.15) is 5.75 Å². The van der Waals surface area contributed by atoms with Gasteiger partial charge in [-0.05, 0) is 91.5 Å². The number of halogens is 1. The van der Waals surface area contributed by atoms with Gasteiger partial charge in [0.25, 0.3) is 15.9 Å². The van der Waals surface area contributed by atoms with Crippen LogP contribution in [0.2, 0.25) is 5.02 Å². The number of nitrogens with one attached hydrogen (secondary N) is 2. The number of hydrogen-bond acceptors (Lipinski definition) is 7. The fourth-order valence-corrected chi connectivity index (χ4v) is 7.13. The predicted octanol–water partition coefficient (Wildman–Crippen LogP) is 6.56. The Bertz CT molecular complexity index is 1810. The van der Waals surface area contributed by atoms with Crippen molar-refractivity contribution in [3.63, 3.8) is 0 Å². The maximum Gasteiger partial charge on any atom is 0.264 e. The number of nitrogens with zero attached hydrogens (tertiary/aromatic N) is 2. The van der Waals surface area contributed by atoms with Crippen LogP contribution in [0.3, 0.4) is 0 Å². The molecule has 3 aromatic carbocycles. The first-order chi connectivity index (χ1) is 19.8. The number of thiophene rings is 1. The van der Waals surface area contributed by atoms with E-state index >= 15 is 0 Å². The molecule has 0 bridgehead atoms. The number of fused-ring (bicyclic) bond motifs is 2. The molecule has 0 fully saturated rings. The van der Waals surface area contributed by atoms with Crippen molar-refractivity contribution in [2.24, 2.45) is 0 Å². The van der Waals surface area contributed by atoms with Crippen LogP contribution in [-0.4, -0.2) is 46.1 Å². The van der Waals surface area contributed by atoms with Crippen molar-refractivity contribution >= 4 is 71.2 Å². The van der Waals surface area contributed by atoms with Crippen LogP contribution < -0.4 is 19.7 Å². The lowest BCUT2D eigenvalue weighted by Gasteiger charge is -2.23. The monoisotopic (exact) mass is 608 g/mol. The van der Waals surface area contributed by atoms with Crippen molar-refractivity contribution in [3.8, 4) is 5.75 Å². The summed E-state index contributed by atoms with van der Waals surface area (Å²) in [5.74, 6) is 0.428. The Hall–Kier alpha value is -3.86. The zero-order chi connectivity index (χ0) is 29.0. The molecule has 0 saturated carbocycles. The molecule has 0 aliphatic heterocycles. The van der Waals surface area contributed by atoms with Gasteiger partial charge in [0.15, 0.2) is 0 Å². The number of amides is 1. The minimum atomic E-state index is -3.77. The van der Waals surface area contributed by atoms with Crippen molar-refractivity contribution in [3.05, 3.63) is 88.9 Å². The number of ether oxygens (including phenoxy) is 1. The number of carbonyl (C=O) groups is 1. The minimum Gasteiger partial charge on any atom is -0.497 e. The van der Waals surface area contributed by atoms with Crippen LogP contribution in [0, 0.1) is 0 Å². The largest absolute Gasteiger partial charge is 0.497 e. The van der Waals surface area contributed by atoms with E-state index in [1.165, 1.54) is 34.9 Å². The molecule has 212 valence electrons. The van der Waals surface area contributed by atoms with Crippen molar-refractivity contribution in [2.45, 2.75) is 18.2 Å². The molecular formula is C30H29ClN4O4S2. The highest BCUT2D eigenvalue weighted by Gasteiger charge is 2.24. The normalized spacial score (nSPS) is 11.5. The molecule has 8 nitrogen and oxygen atoms in total. The van der Waals surface area contributed by atoms with Crippen LogP contribution in [0.1, 0.15) is 23.0 Å². The van der Waals surface area contributed by atoms with E-state index in [0.717, 1.165) is 33.1 Å². The highest BCUT2D eigenvalue weighted by Crippen LogP contribution is 2.32. The van der Waals surface area contributed by atoms with Crippen molar-refractivity contribution in [1.29, 1.82) is 0 Å². The summed E-state index contributed by atoms with van der Waals surface area (Å²) in [7, 11) is -2.24. The van der Waals surface area contributed by atoms with E-state index in [0.29, 0.717) is 34.4 Å². The van der Waals surface area contributed by atoms with E-state index < -0.39 is 10.0 Å². The molecule has 0 radical (unpaired) electrons. The maximum atomic E-state index is 13.4. The molecule has 5 aromatic rings. The molecule has 2 N–H and O–H groups in total. The number of carbonyl (C=O) groups excluding carboxylic acids is 1. The fraction of sp³-hybridized carbons (Fsp3) is 0.200. The molecular weight excluding hydrogens is 580 g/mol. The number of benzene rings is 3. The molecule has 0 atom stereocenters. The van der Waals surface area contributed by atoms with E-state index in [-0.39, 0.29) is 17.3 Å². The first-order valence-corrected chi connectivity index (χ1v) is 15.7. The van der Waals surface area contributed by atoms with Crippen LogP contribution in [0.4, 0.5) is 11.4 Å². The Morgan fingerprint density at radius 3 is 2.59 bits per heavy atom. The number of pyridine rings is 1. The van der Waals surface area contributed by atoms with E-state index in [1.807, 2.05) is 36.4 Å². The summed E-state index contributed by atoms with van der Waals surface area (Å²) < 4.78 is 34.1. The second-order valence-electron chi connectivity index (χ2n) is 9.23. The van der Waals surface area contributed by atoms with Crippen LogP contribution in [0.25, 0.3) is 21.0 Å². The standard InChI is InChI=1S/C30H29ClN4O4S2/c1-3-35(41(37,38)24-9-7-23(39-2)8-10-24)22-6-12-28-20(17-22)18-29(40-28)30(36)34-15-4-14-32-26-13-16-33-27-19-21(31)5-11-25(26)27/h5-13,16-19H,3-4,14-15H2,1-2H3,(H,32,33)(H,34,36). The average Bonchev–Trinajstić information content (AvgIpc) is 3.41. The third-order valence-corrected chi connectivity index (χ3v) is 9.87. The highest BCUT2D eigenvalue weighted by molar-refractivity contribution is 7.92. The minimum absolute atomic E-state index is 0.157. The van der Waals surface area contributed by atoms with Crippen molar-refractivity contribution < 1.29 is 17.9 Å². The van der Waals surface area contributed by atoms with Crippen molar-refractivity contribution in [1.82, 2.24) is 10.3 Å². The lowest BCUT2D eigenvalue weighted by molar-refractivity contribution is 0.0957. The lowest BCUT2D eigenvalue weighted by atomic mass is 10.2. The average molecular weight is 609 g/mol. The first-order valence-electron chi connectivity index (χ1n) is 13.1. The van der Waals surface area contributed by atoms with Gasteiger partial charge in [-0.25, -0.2) is 8.42 Å². The number of methoxy groups -OCH3 is 1. The van der Waals surface area contributed by atoms with Crippen LogP contribution in [0.15, 0.2) is 83.9 Å². The van der Waals surface area contributed by atoms with E-state index in [1.54, 1.807) is 37.4 Å². The SMILES string of the molecule is CCN(c1ccc2sc(C(=O)NCCCNc3ccnc4cc(Cl)ccc34)cc2c1)S(=O)(=O)c1ccc(OC)cc1. The molecule has 0 saturated heterocycles. The van der Waals surface area contributed by atoms with Gasteiger partial charge < -0.3 is 15.4 Å². The Morgan fingerprint density at radius 2 is 1.83 bits per heavy atom. The number of hydrogen-bond donors (Lipinski definition) is 2. The van der Waals surface area contributed by atoms with Crippen LogP contribution >= 0.6 is 22.9 Å². The number of anilines is 2. The second-order valence-corrected chi connectivity index (χ2v) is 12.6. The van der Waals surface area contributed by atoms with Crippen molar-refractivity contribution in [2.75, 3.05) is 36.4 Å². The third kappa shape index (κ3) is 6.24. The number of rotatable bonds is 11. The predicted molar refractivity (Wildman–Crippen MR) is 167 cm³/mol. The molecule has 0 unspecified atom stereocenters. The molecule has 2 aromatic heterocycles. The van der Waals surface area contributed by atoms with Crippen LogP contribution in [-0.2, 0) is 10.0 Å². The zero-order valence-electron chi connectivity index (χ0n) is 22.6.